The molecule has 2 amide bonds. The van der Waals surface area contributed by atoms with Gasteiger partial charge in [0, 0.05) is 76.0 Å². The summed E-state index contributed by atoms with van der Waals surface area (Å²) in [5.41, 5.74) is 8.44. The SMILES string of the molecule is Nc1ncc(CN2CCN(C(=O)N3CCC(n4c([C@H]5C=CC=CN5)nc5cccnc54)CC3)CC2)cn1. The summed E-state index contributed by atoms with van der Waals surface area (Å²) in [5.74, 6) is 1.26. The maximum Gasteiger partial charge on any atom is 0.320 e. The highest BCUT2D eigenvalue weighted by atomic mass is 16.2. The number of carbonyl (C=O) groups is 1. The number of imidazole rings is 1. The topological polar surface area (TPSA) is 121 Å². The summed E-state index contributed by atoms with van der Waals surface area (Å²) in [6, 6.07) is 4.35. The molecule has 11 nitrogen and oxygen atoms in total. The highest BCUT2D eigenvalue weighted by molar-refractivity contribution is 5.75. The van der Waals surface area contributed by atoms with Gasteiger partial charge in [0.1, 0.15) is 17.4 Å². The number of fused-ring (bicyclic) bond motifs is 1. The van der Waals surface area contributed by atoms with Gasteiger partial charge in [-0.3, -0.25) is 4.90 Å². The van der Waals surface area contributed by atoms with Crippen molar-refractivity contribution in [1.29, 1.82) is 0 Å². The highest BCUT2D eigenvalue weighted by Crippen LogP contribution is 2.31. The van der Waals surface area contributed by atoms with Crippen molar-refractivity contribution >= 4 is 23.1 Å². The zero-order valence-electron chi connectivity index (χ0n) is 20.8. The number of dihydropyridines is 1. The van der Waals surface area contributed by atoms with E-state index in [1.54, 1.807) is 12.4 Å². The molecule has 0 bridgehead atoms. The Balaban J connectivity index is 1.07. The molecule has 3 aromatic rings. The largest absolute Gasteiger partial charge is 0.378 e. The number of nitrogens with zero attached hydrogens (tertiary/aromatic N) is 8. The first-order valence-electron chi connectivity index (χ1n) is 12.9. The van der Waals surface area contributed by atoms with E-state index in [2.05, 4.69) is 35.8 Å². The van der Waals surface area contributed by atoms with E-state index in [4.69, 9.17) is 10.7 Å². The van der Waals surface area contributed by atoms with Gasteiger partial charge in [0.2, 0.25) is 5.95 Å². The number of carbonyl (C=O) groups excluding carboxylic acids is 1. The van der Waals surface area contributed by atoms with Crippen molar-refractivity contribution in [1.82, 2.24) is 44.5 Å². The Morgan fingerprint density at radius 3 is 2.49 bits per heavy atom. The van der Waals surface area contributed by atoms with Crippen molar-refractivity contribution in [2.75, 3.05) is 45.0 Å². The van der Waals surface area contributed by atoms with Gasteiger partial charge in [-0.15, -0.1) is 0 Å². The summed E-state index contributed by atoms with van der Waals surface area (Å²) in [7, 11) is 0. The number of nitrogens with two attached hydrogens (primary N) is 1. The van der Waals surface area contributed by atoms with E-state index in [-0.39, 0.29) is 24.1 Å². The summed E-state index contributed by atoms with van der Waals surface area (Å²) in [4.78, 5) is 37.4. The standard InChI is InChI=1S/C26H32N10O/c27-25-30-16-19(17-31-25)18-33-12-14-35(15-13-33)26(37)34-10-6-20(7-11-34)36-23-22(5-3-9-29-23)32-24(36)21-4-1-2-8-28-21/h1-5,8-9,16-17,20-21,28H,6-7,10-15,18H2,(H2,27,30,31)/t21-/m1/s1. The third kappa shape index (κ3) is 4.86. The number of hydrogen-bond donors (Lipinski definition) is 2. The number of rotatable bonds is 4. The van der Waals surface area contributed by atoms with Crippen LogP contribution >= 0.6 is 0 Å². The third-order valence-electron chi connectivity index (χ3n) is 7.42. The minimum atomic E-state index is 0.00922. The van der Waals surface area contributed by atoms with Crippen LogP contribution in [0.4, 0.5) is 10.7 Å². The van der Waals surface area contributed by atoms with Crippen molar-refractivity contribution in [2.45, 2.75) is 31.5 Å². The lowest BCUT2D eigenvalue weighted by atomic mass is 10.0. The van der Waals surface area contributed by atoms with Crippen molar-refractivity contribution in [2.24, 2.45) is 0 Å². The Morgan fingerprint density at radius 1 is 1.00 bits per heavy atom. The lowest BCUT2D eigenvalue weighted by Gasteiger charge is -2.40. The molecule has 0 spiro atoms. The molecule has 3 aliphatic heterocycles. The van der Waals surface area contributed by atoms with Gasteiger partial charge in [0.05, 0.1) is 0 Å². The van der Waals surface area contributed by atoms with Crippen LogP contribution in [0.15, 0.2) is 55.2 Å². The zero-order valence-corrected chi connectivity index (χ0v) is 20.8. The number of piperazine rings is 1. The van der Waals surface area contributed by atoms with Crippen LogP contribution in [-0.2, 0) is 6.54 Å². The quantitative estimate of drug-likeness (QED) is 0.559. The van der Waals surface area contributed by atoms with Crippen molar-refractivity contribution in [3.63, 3.8) is 0 Å². The Labute approximate surface area is 215 Å². The van der Waals surface area contributed by atoms with E-state index in [9.17, 15) is 4.79 Å². The number of piperidine rings is 1. The molecule has 37 heavy (non-hydrogen) atoms. The maximum atomic E-state index is 13.3. The minimum absolute atomic E-state index is 0.00922. The number of nitrogen functional groups attached to an aromatic ring is 1. The van der Waals surface area contributed by atoms with Crippen LogP contribution in [0.25, 0.3) is 11.2 Å². The molecule has 3 N–H and O–H groups in total. The monoisotopic (exact) mass is 500 g/mol. The number of aromatic nitrogens is 5. The number of pyridine rings is 1. The molecule has 6 heterocycles. The molecular weight excluding hydrogens is 468 g/mol. The predicted octanol–water partition coefficient (Wildman–Crippen LogP) is 2.09. The fourth-order valence-electron chi connectivity index (χ4n) is 5.45. The summed E-state index contributed by atoms with van der Waals surface area (Å²) < 4.78 is 2.29. The van der Waals surface area contributed by atoms with Gasteiger partial charge in [0.25, 0.3) is 0 Å². The first-order chi connectivity index (χ1) is 18.2. The Bertz CT molecular complexity index is 1300. The second kappa shape index (κ2) is 10.2. The molecule has 3 aliphatic rings. The normalized spacial score (nSPS) is 20.9. The Kier molecular flexibility index (Phi) is 6.44. The second-order valence-electron chi connectivity index (χ2n) is 9.79. The molecule has 0 unspecified atom stereocenters. The van der Waals surface area contributed by atoms with Gasteiger partial charge in [-0.2, -0.15) is 0 Å². The number of nitrogens with one attached hydrogen (secondary N) is 1. The lowest BCUT2D eigenvalue weighted by Crippen LogP contribution is -2.54. The average molecular weight is 501 g/mol. The molecule has 1 atom stereocenters. The molecule has 11 heteroatoms. The van der Waals surface area contributed by atoms with E-state index in [1.165, 1.54) is 0 Å². The molecule has 192 valence electrons. The molecule has 6 rings (SSSR count). The van der Waals surface area contributed by atoms with Crippen molar-refractivity contribution < 1.29 is 4.79 Å². The van der Waals surface area contributed by atoms with Gasteiger partial charge in [0.15, 0.2) is 5.65 Å². The number of urea groups is 1. The first-order valence-corrected chi connectivity index (χ1v) is 12.9. The average Bonchev–Trinajstić information content (AvgIpc) is 3.35. The molecule has 3 aromatic heterocycles. The number of anilines is 1. The van der Waals surface area contributed by atoms with E-state index in [1.807, 2.05) is 46.5 Å². The van der Waals surface area contributed by atoms with Crippen LogP contribution in [0.1, 0.15) is 36.3 Å². The molecule has 0 aliphatic carbocycles. The van der Waals surface area contributed by atoms with Crippen LogP contribution in [0.5, 0.6) is 0 Å². The van der Waals surface area contributed by atoms with Gasteiger partial charge >= 0.3 is 6.03 Å². The van der Waals surface area contributed by atoms with Crippen LogP contribution in [0.2, 0.25) is 0 Å². The molecule has 0 saturated carbocycles. The molecule has 0 radical (unpaired) electrons. The van der Waals surface area contributed by atoms with E-state index in [0.717, 1.165) is 81.2 Å². The molecule has 2 fully saturated rings. The smallest absolute Gasteiger partial charge is 0.320 e. The first kappa shape index (κ1) is 23.4. The summed E-state index contributed by atoms with van der Waals surface area (Å²) in [5, 5.41) is 3.40. The second-order valence-corrected chi connectivity index (χ2v) is 9.79. The van der Waals surface area contributed by atoms with Crippen LogP contribution in [0, 0.1) is 0 Å². The zero-order chi connectivity index (χ0) is 25.2. The summed E-state index contributed by atoms with van der Waals surface area (Å²) >= 11 is 0. The lowest BCUT2D eigenvalue weighted by molar-refractivity contribution is 0.0993. The van der Waals surface area contributed by atoms with Crippen LogP contribution in [-0.4, -0.2) is 84.5 Å². The van der Waals surface area contributed by atoms with Crippen molar-refractivity contribution in [3.05, 3.63) is 66.5 Å². The Morgan fingerprint density at radius 2 is 1.76 bits per heavy atom. The molecular formula is C26H32N10O. The summed E-state index contributed by atoms with van der Waals surface area (Å²) in [6.07, 6.45) is 15.2. The third-order valence-corrected chi connectivity index (χ3v) is 7.42. The Hall–Kier alpha value is -3.99. The van der Waals surface area contributed by atoms with Gasteiger partial charge in [-0.1, -0.05) is 12.2 Å². The van der Waals surface area contributed by atoms with E-state index < -0.39 is 0 Å². The van der Waals surface area contributed by atoms with E-state index >= 15 is 0 Å². The fourth-order valence-corrected chi connectivity index (χ4v) is 5.45. The summed E-state index contributed by atoms with van der Waals surface area (Å²) in [6.45, 7) is 5.34. The van der Waals surface area contributed by atoms with Crippen LogP contribution < -0.4 is 11.1 Å². The van der Waals surface area contributed by atoms with E-state index in [0.29, 0.717) is 0 Å². The number of likely N-dealkylation sites (tertiary alicyclic amines) is 1. The fraction of sp³-hybridized carbons (Fsp3) is 0.423. The number of amides is 2. The van der Waals surface area contributed by atoms with Gasteiger partial charge in [-0.25, -0.2) is 24.7 Å². The van der Waals surface area contributed by atoms with Gasteiger partial charge < -0.3 is 25.4 Å². The predicted molar refractivity (Wildman–Crippen MR) is 140 cm³/mol. The highest BCUT2D eigenvalue weighted by Gasteiger charge is 2.32. The van der Waals surface area contributed by atoms with Crippen LogP contribution in [0.3, 0.4) is 0 Å². The maximum absolute atomic E-state index is 13.3. The van der Waals surface area contributed by atoms with Crippen molar-refractivity contribution in [3.8, 4) is 0 Å². The molecule has 0 aromatic carbocycles. The minimum Gasteiger partial charge on any atom is -0.378 e. The molecule has 2 saturated heterocycles. The van der Waals surface area contributed by atoms with Gasteiger partial charge in [-0.05, 0) is 37.3 Å². The number of hydrogen-bond acceptors (Lipinski definition) is 8. The number of allylic oxidation sites excluding steroid dienone is 2.